The fraction of sp³-hybridized carbons (Fsp3) is 0.407. The van der Waals surface area contributed by atoms with Crippen LogP contribution in [0.2, 0.25) is 0 Å². The Labute approximate surface area is 225 Å². The number of methoxy groups -OCH3 is 1. The van der Waals surface area contributed by atoms with E-state index < -0.39 is 35.7 Å². The molecule has 0 fully saturated rings. The van der Waals surface area contributed by atoms with E-state index in [9.17, 15) is 19.2 Å². The van der Waals surface area contributed by atoms with Crippen molar-refractivity contribution in [1.82, 2.24) is 14.5 Å². The van der Waals surface area contributed by atoms with Gasteiger partial charge in [0, 0.05) is 23.3 Å². The first-order chi connectivity index (χ1) is 18.8. The first-order valence-corrected chi connectivity index (χ1v) is 12.5. The van der Waals surface area contributed by atoms with Crippen molar-refractivity contribution in [2.24, 2.45) is 0 Å². The zero-order valence-corrected chi connectivity index (χ0v) is 22.5. The van der Waals surface area contributed by atoms with Crippen LogP contribution in [0.3, 0.4) is 0 Å². The van der Waals surface area contributed by atoms with E-state index in [4.69, 9.17) is 23.7 Å². The molecule has 0 atom stereocenters. The molecule has 0 bridgehead atoms. The molecule has 1 aromatic carbocycles. The fourth-order valence-electron chi connectivity index (χ4n) is 4.14. The number of aromatic nitrogens is 3. The van der Waals surface area contributed by atoms with Crippen LogP contribution >= 0.6 is 0 Å². The number of hydrogen-bond acceptors (Lipinski definition) is 11. The van der Waals surface area contributed by atoms with Crippen molar-refractivity contribution in [2.45, 2.75) is 39.5 Å². The highest BCUT2D eigenvalue weighted by atomic mass is 16.6. The highest BCUT2D eigenvalue weighted by molar-refractivity contribution is 6.06. The lowest BCUT2D eigenvalue weighted by atomic mass is 9.96. The quantitative estimate of drug-likeness (QED) is 0.189. The Balaban J connectivity index is 2.48. The van der Waals surface area contributed by atoms with Gasteiger partial charge in [-0.3, -0.25) is 23.7 Å². The minimum atomic E-state index is -1.52. The van der Waals surface area contributed by atoms with Crippen molar-refractivity contribution in [3.63, 3.8) is 0 Å². The van der Waals surface area contributed by atoms with Gasteiger partial charge in [-0.15, -0.1) is 0 Å². The lowest BCUT2D eigenvalue weighted by Crippen LogP contribution is -2.29. The lowest BCUT2D eigenvalue weighted by molar-refractivity contribution is -0.159. The molecule has 0 radical (unpaired) electrons. The van der Waals surface area contributed by atoms with E-state index in [0.29, 0.717) is 11.1 Å². The van der Waals surface area contributed by atoms with Gasteiger partial charge >= 0.3 is 23.9 Å². The van der Waals surface area contributed by atoms with Crippen LogP contribution in [0, 0.1) is 0 Å². The molecule has 0 unspecified atom stereocenters. The summed E-state index contributed by atoms with van der Waals surface area (Å²) in [5.41, 5.74) is 0.516. The van der Waals surface area contributed by atoms with Crippen LogP contribution in [0.4, 0.5) is 0 Å². The average molecular weight is 542 g/mol. The molecule has 0 spiro atoms. The van der Waals surface area contributed by atoms with E-state index in [1.165, 1.54) is 30.1 Å². The zero-order valence-electron chi connectivity index (χ0n) is 22.5. The molecule has 0 saturated carbocycles. The van der Waals surface area contributed by atoms with E-state index in [2.05, 4.69) is 9.97 Å². The molecule has 3 rings (SSSR count). The third-order valence-corrected chi connectivity index (χ3v) is 5.61. The second-order valence-corrected chi connectivity index (χ2v) is 7.98. The molecule has 0 aliphatic heterocycles. The van der Waals surface area contributed by atoms with Gasteiger partial charge in [-0.2, -0.15) is 0 Å². The minimum absolute atomic E-state index is 0.0175. The number of rotatable bonds is 12. The molecule has 2 heterocycles. The molecule has 0 amide bonds. The summed E-state index contributed by atoms with van der Waals surface area (Å²) in [5, 5.41) is 0.420. The molecule has 39 heavy (non-hydrogen) atoms. The van der Waals surface area contributed by atoms with Crippen LogP contribution in [0.1, 0.15) is 50.8 Å². The van der Waals surface area contributed by atoms with Gasteiger partial charge in [0.15, 0.2) is 11.8 Å². The van der Waals surface area contributed by atoms with Crippen molar-refractivity contribution >= 4 is 34.8 Å². The summed E-state index contributed by atoms with van der Waals surface area (Å²) in [7, 11) is 1.42. The standard InChI is InChI=1S/C27H31N3O9/c1-6-36-23(31)20(24(32)37-7-2)18-15-17(35-5)13-16-14-19(21(25(33)38-8-3)26(34)39-9-4)30(22(16)18)27-28-11-10-12-29-27/h10-15,20-21H,6-9H2,1-5H3. The number of esters is 4. The Hall–Kier alpha value is -4.48. The lowest BCUT2D eigenvalue weighted by Gasteiger charge is -2.20. The molecule has 0 aliphatic rings. The van der Waals surface area contributed by atoms with Gasteiger partial charge in [0.25, 0.3) is 0 Å². The summed E-state index contributed by atoms with van der Waals surface area (Å²) in [4.78, 5) is 61.1. The van der Waals surface area contributed by atoms with Crippen LogP contribution in [-0.4, -0.2) is 71.9 Å². The predicted molar refractivity (Wildman–Crippen MR) is 137 cm³/mol. The first kappa shape index (κ1) is 29.1. The van der Waals surface area contributed by atoms with Crippen LogP contribution in [0.25, 0.3) is 16.9 Å². The van der Waals surface area contributed by atoms with Crippen molar-refractivity contribution < 1.29 is 42.9 Å². The highest BCUT2D eigenvalue weighted by Gasteiger charge is 2.39. The molecule has 2 aromatic heterocycles. The molecule has 0 N–H and O–H groups in total. The summed E-state index contributed by atoms with van der Waals surface area (Å²) < 4.78 is 27.7. The summed E-state index contributed by atoms with van der Waals surface area (Å²) in [5.74, 6) is -6.06. The largest absolute Gasteiger partial charge is 0.497 e. The number of benzene rings is 1. The van der Waals surface area contributed by atoms with E-state index >= 15 is 0 Å². The first-order valence-electron chi connectivity index (χ1n) is 12.5. The van der Waals surface area contributed by atoms with Gasteiger partial charge in [0.1, 0.15) is 5.75 Å². The number of ether oxygens (including phenoxy) is 5. The number of hydrogen-bond donors (Lipinski definition) is 0. The van der Waals surface area contributed by atoms with Gasteiger partial charge in [-0.1, -0.05) is 0 Å². The number of carbonyl (C=O) groups is 4. The van der Waals surface area contributed by atoms with Gasteiger partial charge in [0.05, 0.1) is 44.7 Å². The van der Waals surface area contributed by atoms with Gasteiger partial charge < -0.3 is 23.7 Å². The SMILES string of the molecule is CCOC(=O)C(C(=O)OCC)c1cc(OC)cc2cc(C(C(=O)OCC)C(=O)OCC)n(-c3ncccn3)c12. The molecular formula is C27H31N3O9. The topological polar surface area (TPSA) is 145 Å². The molecule has 0 saturated heterocycles. The fourth-order valence-corrected chi connectivity index (χ4v) is 4.14. The molecule has 208 valence electrons. The van der Waals surface area contributed by atoms with E-state index in [1.807, 2.05) is 0 Å². The number of nitrogens with zero attached hydrogens (tertiary/aromatic N) is 3. The normalized spacial score (nSPS) is 10.9. The highest BCUT2D eigenvalue weighted by Crippen LogP contribution is 2.38. The maximum Gasteiger partial charge on any atom is 0.326 e. The van der Waals surface area contributed by atoms with E-state index in [1.54, 1.807) is 45.9 Å². The predicted octanol–water partition coefficient (Wildman–Crippen LogP) is 2.85. The second kappa shape index (κ2) is 13.4. The van der Waals surface area contributed by atoms with Crippen molar-refractivity contribution in [1.29, 1.82) is 0 Å². The number of carbonyl (C=O) groups excluding carboxylic acids is 4. The maximum atomic E-state index is 13.1. The van der Waals surface area contributed by atoms with E-state index in [-0.39, 0.29) is 49.1 Å². The Bertz CT molecular complexity index is 1300. The monoisotopic (exact) mass is 541 g/mol. The number of fused-ring (bicyclic) bond motifs is 1. The van der Waals surface area contributed by atoms with Crippen molar-refractivity contribution in [3.8, 4) is 11.7 Å². The Kier molecular flexibility index (Phi) is 9.96. The Morgan fingerprint density at radius 1 is 0.744 bits per heavy atom. The van der Waals surface area contributed by atoms with Crippen molar-refractivity contribution in [2.75, 3.05) is 33.5 Å². The van der Waals surface area contributed by atoms with E-state index in [0.717, 1.165) is 0 Å². The molecule has 3 aromatic rings. The molecule has 0 aliphatic carbocycles. The maximum absolute atomic E-state index is 13.1. The third kappa shape index (κ3) is 6.16. The van der Waals surface area contributed by atoms with Crippen LogP contribution in [-0.2, 0) is 38.1 Å². The molecule has 12 nitrogen and oxygen atoms in total. The summed E-state index contributed by atoms with van der Waals surface area (Å²) >= 11 is 0. The second-order valence-electron chi connectivity index (χ2n) is 7.98. The third-order valence-electron chi connectivity index (χ3n) is 5.61. The molecular weight excluding hydrogens is 510 g/mol. The summed E-state index contributed by atoms with van der Waals surface area (Å²) in [6, 6.07) is 6.26. The Morgan fingerprint density at radius 2 is 1.23 bits per heavy atom. The molecule has 12 heteroatoms. The van der Waals surface area contributed by atoms with Gasteiger partial charge in [-0.25, -0.2) is 9.97 Å². The zero-order chi connectivity index (χ0) is 28.5. The summed E-state index contributed by atoms with van der Waals surface area (Å²) in [6.45, 7) is 6.53. The smallest absolute Gasteiger partial charge is 0.326 e. The Morgan fingerprint density at radius 3 is 1.69 bits per heavy atom. The van der Waals surface area contributed by atoms with Crippen LogP contribution < -0.4 is 4.74 Å². The van der Waals surface area contributed by atoms with Crippen molar-refractivity contribution in [3.05, 3.63) is 47.9 Å². The minimum Gasteiger partial charge on any atom is -0.497 e. The summed E-state index contributed by atoms with van der Waals surface area (Å²) in [6.07, 6.45) is 2.94. The van der Waals surface area contributed by atoms with Gasteiger partial charge in [0.2, 0.25) is 5.95 Å². The van der Waals surface area contributed by atoms with Crippen LogP contribution in [0.15, 0.2) is 36.7 Å². The van der Waals surface area contributed by atoms with Crippen LogP contribution in [0.5, 0.6) is 5.75 Å². The average Bonchev–Trinajstić information content (AvgIpc) is 3.28. The van der Waals surface area contributed by atoms with Gasteiger partial charge in [-0.05, 0) is 52.0 Å².